The average molecular weight is 367 g/mol. The molecule has 0 radical (unpaired) electrons. The third kappa shape index (κ3) is 4.91. The van der Waals surface area contributed by atoms with Crippen LogP contribution in [0.25, 0.3) is 0 Å². The number of carbonyl (C=O) groups is 2. The molecule has 0 saturated carbocycles. The van der Waals surface area contributed by atoms with Crippen molar-refractivity contribution in [3.8, 4) is 0 Å². The van der Waals surface area contributed by atoms with E-state index in [1.807, 2.05) is 35.7 Å². The molecule has 1 aromatic carbocycles. The van der Waals surface area contributed by atoms with Gasteiger partial charge in [-0.25, -0.2) is 4.79 Å². The summed E-state index contributed by atoms with van der Waals surface area (Å²) in [6.45, 7) is 0.965. The first-order valence-electron chi connectivity index (χ1n) is 8.11. The van der Waals surface area contributed by atoms with Gasteiger partial charge in [-0.15, -0.1) is 23.5 Å². The summed E-state index contributed by atoms with van der Waals surface area (Å²) in [4.78, 5) is 23.7. The molecule has 2 heterocycles. The largest absolute Gasteiger partial charge is 0.452 e. The van der Waals surface area contributed by atoms with Crippen molar-refractivity contribution >= 4 is 35.4 Å². The van der Waals surface area contributed by atoms with Crippen LogP contribution in [0.4, 0.5) is 0 Å². The van der Waals surface area contributed by atoms with E-state index in [9.17, 15) is 9.59 Å². The minimum Gasteiger partial charge on any atom is -0.452 e. The number of nitrogens with one attached hydrogen (secondary N) is 1. The van der Waals surface area contributed by atoms with E-state index in [0.717, 1.165) is 19.4 Å². The van der Waals surface area contributed by atoms with Crippen molar-refractivity contribution < 1.29 is 19.1 Å². The first-order valence-corrected chi connectivity index (χ1v) is 10.2. The van der Waals surface area contributed by atoms with Crippen LogP contribution >= 0.6 is 23.5 Å². The average Bonchev–Trinajstić information content (AvgIpc) is 3.31. The van der Waals surface area contributed by atoms with Crippen LogP contribution in [0.3, 0.4) is 0 Å². The van der Waals surface area contributed by atoms with Gasteiger partial charge in [0.15, 0.2) is 6.61 Å². The molecule has 2 saturated heterocycles. The fraction of sp³-hybridized carbons (Fsp3) is 0.529. The Kier molecular flexibility index (Phi) is 6.45. The second-order valence-corrected chi connectivity index (χ2v) is 8.44. The predicted octanol–water partition coefficient (Wildman–Crippen LogP) is 2.62. The van der Waals surface area contributed by atoms with Gasteiger partial charge in [0.1, 0.15) is 0 Å². The van der Waals surface area contributed by atoms with Gasteiger partial charge < -0.3 is 14.8 Å². The minimum absolute atomic E-state index is 0.0866. The van der Waals surface area contributed by atoms with E-state index in [4.69, 9.17) is 9.47 Å². The van der Waals surface area contributed by atoms with Crippen molar-refractivity contribution in [1.29, 1.82) is 0 Å². The van der Waals surface area contributed by atoms with Crippen LogP contribution < -0.4 is 5.32 Å². The molecule has 24 heavy (non-hydrogen) atoms. The molecule has 2 aliphatic heterocycles. The third-order valence-corrected chi connectivity index (χ3v) is 7.03. The summed E-state index contributed by atoms with van der Waals surface area (Å²) in [7, 11) is 0. The van der Waals surface area contributed by atoms with Gasteiger partial charge >= 0.3 is 5.97 Å². The molecule has 0 spiro atoms. The molecule has 0 aliphatic carbocycles. The molecule has 0 unspecified atom stereocenters. The van der Waals surface area contributed by atoms with Crippen LogP contribution in [-0.4, -0.2) is 49.2 Å². The highest BCUT2D eigenvalue weighted by atomic mass is 32.2. The maximum Gasteiger partial charge on any atom is 0.338 e. The first-order chi connectivity index (χ1) is 11.7. The fourth-order valence-corrected chi connectivity index (χ4v) is 5.49. The van der Waals surface area contributed by atoms with Gasteiger partial charge in [0, 0.05) is 24.7 Å². The normalized spacial score (nSPS) is 20.9. The van der Waals surface area contributed by atoms with E-state index in [2.05, 4.69) is 5.32 Å². The van der Waals surface area contributed by atoms with Gasteiger partial charge in [-0.05, 0) is 30.5 Å². The maximum atomic E-state index is 12.0. The first kappa shape index (κ1) is 17.6. The summed E-state index contributed by atoms with van der Waals surface area (Å²) in [5, 5.41) is 2.73. The van der Waals surface area contributed by atoms with E-state index < -0.39 is 5.97 Å². The Labute approximate surface area is 150 Å². The molecular weight excluding hydrogens is 346 g/mol. The van der Waals surface area contributed by atoms with E-state index in [0.29, 0.717) is 16.7 Å². The van der Waals surface area contributed by atoms with Crippen LogP contribution in [-0.2, 0) is 14.3 Å². The summed E-state index contributed by atoms with van der Waals surface area (Å²) < 4.78 is 11.0. The van der Waals surface area contributed by atoms with Gasteiger partial charge in [0.05, 0.1) is 16.2 Å². The highest BCUT2D eigenvalue weighted by Crippen LogP contribution is 2.45. The number of hydrogen-bond acceptors (Lipinski definition) is 6. The molecule has 3 rings (SSSR count). The van der Waals surface area contributed by atoms with Crippen molar-refractivity contribution in [2.75, 3.05) is 31.3 Å². The van der Waals surface area contributed by atoms with Crippen molar-refractivity contribution in [3.05, 3.63) is 35.4 Å². The Morgan fingerprint density at radius 3 is 2.62 bits per heavy atom. The Morgan fingerprint density at radius 2 is 1.96 bits per heavy atom. The summed E-state index contributed by atoms with van der Waals surface area (Å²) in [5.74, 6) is 1.56. The summed E-state index contributed by atoms with van der Waals surface area (Å²) in [6.07, 6.45) is 2.08. The van der Waals surface area contributed by atoms with Crippen LogP contribution in [0.1, 0.15) is 33.3 Å². The molecular formula is C17H21NO4S2. The highest BCUT2D eigenvalue weighted by Gasteiger charge is 2.19. The van der Waals surface area contributed by atoms with Gasteiger partial charge in [0.2, 0.25) is 0 Å². The number of rotatable bonds is 6. The highest BCUT2D eigenvalue weighted by molar-refractivity contribution is 8.19. The molecule has 0 aromatic heterocycles. The molecule has 7 heteroatoms. The fourth-order valence-electron chi connectivity index (χ4n) is 2.63. The van der Waals surface area contributed by atoms with Crippen LogP contribution in [0.15, 0.2) is 24.3 Å². The minimum atomic E-state index is -0.472. The van der Waals surface area contributed by atoms with Crippen molar-refractivity contribution in [2.45, 2.75) is 23.5 Å². The zero-order valence-electron chi connectivity index (χ0n) is 13.4. The Bertz CT molecular complexity index is 566. The number of thioether (sulfide) groups is 2. The van der Waals surface area contributed by atoms with Crippen molar-refractivity contribution in [3.63, 3.8) is 0 Å². The zero-order valence-corrected chi connectivity index (χ0v) is 15.0. The lowest BCUT2D eigenvalue weighted by atomic mass is 10.1. The number of carbonyl (C=O) groups excluding carboxylic acids is 2. The molecule has 130 valence electrons. The predicted molar refractivity (Wildman–Crippen MR) is 96.4 cm³/mol. The number of ether oxygens (including phenoxy) is 2. The Morgan fingerprint density at radius 1 is 1.21 bits per heavy atom. The number of amides is 1. The molecule has 5 nitrogen and oxygen atoms in total. The smallest absolute Gasteiger partial charge is 0.338 e. The van der Waals surface area contributed by atoms with E-state index in [-0.39, 0.29) is 18.6 Å². The van der Waals surface area contributed by atoms with Crippen LogP contribution in [0, 0.1) is 0 Å². The van der Waals surface area contributed by atoms with E-state index >= 15 is 0 Å². The molecule has 1 N–H and O–H groups in total. The van der Waals surface area contributed by atoms with Gasteiger partial charge in [-0.3, -0.25) is 4.79 Å². The molecule has 2 fully saturated rings. The second kappa shape index (κ2) is 8.78. The second-order valence-electron chi connectivity index (χ2n) is 5.71. The van der Waals surface area contributed by atoms with Crippen molar-refractivity contribution in [1.82, 2.24) is 5.32 Å². The van der Waals surface area contributed by atoms with Gasteiger partial charge in [0.25, 0.3) is 5.91 Å². The Balaban J connectivity index is 1.41. The molecule has 0 bridgehead atoms. The Hall–Kier alpha value is -1.18. The van der Waals surface area contributed by atoms with Crippen LogP contribution in [0.2, 0.25) is 0 Å². The number of hydrogen-bond donors (Lipinski definition) is 1. The third-order valence-electron chi connectivity index (χ3n) is 3.93. The molecule has 2 aliphatic rings. The lowest BCUT2D eigenvalue weighted by Crippen LogP contribution is -2.34. The van der Waals surface area contributed by atoms with Gasteiger partial charge in [-0.1, -0.05) is 12.1 Å². The monoisotopic (exact) mass is 367 g/mol. The summed E-state index contributed by atoms with van der Waals surface area (Å²) in [5.41, 5.74) is 1.69. The topological polar surface area (TPSA) is 64.6 Å². The molecule has 1 amide bonds. The summed E-state index contributed by atoms with van der Waals surface area (Å²) in [6, 6.07) is 7.46. The lowest BCUT2D eigenvalue weighted by molar-refractivity contribution is -0.124. The number of benzene rings is 1. The summed E-state index contributed by atoms with van der Waals surface area (Å²) >= 11 is 3.85. The maximum absolute atomic E-state index is 12.0. The standard InChI is InChI=1S/C17H21NO4S2/c19-15(18-10-14-2-1-7-21-14)11-22-16(20)12-3-5-13(6-4-12)17-23-8-9-24-17/h3-6,14,17H,1-2,7-11H2,(H,18,19)/t14-/m1/s1. The van der Waals surface area contributed by atoms with Gasteiger partial charge in [-0.2, -0.15) is 0 Å². The van der Waals surface area contributed by atoms with Crippen LogP contribution in [0.5, 0.6) is 0 Å². The lowest BCUT2D eigenvalue weighted by Gasteiger charge is -2.11. The van der Waals surface area contributed by atoms with E-state index in [1.54, 1.807) is 12.1 Å². The van der Waals surface area contributed by atoms with Crippen molar-refractivity contribution in [2.24, 2.45) is 0 Å². The molecule has 1 atom stereocenters. The quantitative estimate of drug-likeness (QED) is 0.780. The zero-order chi connectivity index (χ0) is 16.8. The number of esters is 1. The SMILES string of the molecule is O=C(COC(=O)c1ccc(C2SCCS2)cc1)NC[C@H]1CCCO1. The molecule has 1 aromatic rings. The van der Waals surface area contributed by atoms with E-state index in [1.165, 1.54) is 17.1 Å².